The second kappa shape index (κ2) is 8.87. The second-order valence-corrected chi connectivity index (χ2v) is 4.87. The van der Waals surface area contributed by atoms with E-state index in [4.69, 9.17) is 0 Å². The van der Waals surface area contributed by atoms with Crippen molar-refractivity contribution in [2.75, 3.05) is 13.1 Å². The van der Waals surface area contributed by atoms with Gasteiger partial charge in [0.25, 0.3) is 0 Å². The lowest BCUT2D eigenvalue weighted by molar-refractivity contribution is -0.120. The van der Waals surface area contributed by atoms with Crippen molar-refractivity contribution in [2.24, 2.45) is 0 Å². The molecule has 4 heteroatoms. The molecule has 1 aromatic heterocycles. The Labute approximate surface area is 125 Å². The van der Waals surface area contributed by atoms with Crippen LogP contribution in [0, 0.1) is 0 Å². The van der Waals surface area contributed by atoms with E-state index in [0.29, 0.717) is 19.5 Å². The van der Waals surface area contributed by atoms with E-state index in [1.807, 2.05) is 30.3 Å². The highest BCUT2D eigenvalue weighted by Crippen LogP contribution is 1.98. The van der Waals surface area contributed by atoms with E-state index in [-0.39, 0.29) is 5.91 Å². The van der Waals surface area contributed by atoms with E-state index in [1.165, 1.54) is 11.1 Å². The molecule has 4 nitrogen and oxygen atoms in total. The maximum absolute atomic E-state index is 11.7. The summed E-state index contributed by atoms with van der Waals surface area (Å²) in [5.41, 5.74) is 2.42. The molecule has 0 atom stereocenters. The van der Waals surface area contributed by atoms with E-state index >= 15 is 0 Å². The molecule has 0 aliphatic rings. The zero-order chi connectivity index (χ0) is 14.8. The fourth-order valence-corrected chi connectivity index (χ4v) is 2.01. The topological polar surface area (TPSA) is 54.0 Å². The molecule has 21 heavy (non-hydrogen) atoms. The maximum Gasteiger partial charge on any atom is 0.221 e. The van der Waals surface area contributed by atoms with Crippen LogP contribution >= 0.6 is 0 Å². The number of nitrogens with zero attached hydrogens (tertiary/aromatic N) is 1. The lowest BCUT2D eigenvalue weighted by Crippen LogP contribution is -2.29. The largest absolute Gasteiger partial charge is 0.356 e. The number of amides is 1. The first-order valence-electron chi connectivity index (χ1n) is 7.25. The molecule has 0 saturated carbocycles. The van der Waals surface area contributed by atoms with Crippen molar-refractivity contribution >= 4 is 5.91 Å². The van der Waals surface area contributed by atoms with Crippen molar-refractivity contribution in [3.63, 3.8) is 0 Å². The monoisotopic (exact) mass is 283 g/mol. The number of pyridine rings is 1. The number of rotatable bonds is 8. The standard InChI is InChI=1S/C17H21N3O/c21-17(20-13-8-15-4-2-1-3-5-15)9-12-19-14-16-6-10-18-11-7-16/h1-7,10-11,19H,8-9,12-14H2,(H,20,21). The molecule has 0 unspecified atom stereocenters. The normalized spacial score (nSPS) is 10.3. The van der Waals surface area contributed by atoms with E-state index < -0.39 is 0 Å². The van der Waals surface area contributed by atoms with Gasteiger partial charge in [0.15, 0.2) is 0 Å². The molecule has 0 aliphatic carbocycles. The van der Waals surface area contributed by atoms with Gasteiger partial charge in [0, 0.05) is 38.4 Å². The van der Waals surface area contributed by atoms with Gasteiger partial charge in [-0.05, 0) is 29.7 Å². The number of nitrogens with one attached hydrogen (secondary N) is 2. The average molecular weight is 283 g/mol. The zero-order valence-corrected chi connectivity index (χ0v) is 12.1. The molecule has 2 aromatic rings. The fraction of sp³-hybridized carbons (Fsp3) is 0.294. The van der Waals surface area contributed by atoms with Crippen LogP contribution in [0.25, 0.3) is 0 Å². The molecule has 2 N–H and O–H groups in total. The molecule has 0 spiro atoms. The van der Waals surface area contributed by atoms with Gasteiger partial charge in [-0.25, -0.2) is 0 Å². The number of carbonyl (C=O) groups is 1. The first kappa shape index (κ1) is 15.2. The summed E-state index contributed by atoms with van der Waals surface area (Å²) in [4.78, 5) is 15.7. The van der Waals surface area contributed by atoms with Crippen LogP contribution in [0.2, 0.25) is 0 Å². The summed E-state index contributed by atoms with van der Waals surface area (Å²) in [6, 6.07) is 14.1. The smallest absolute Gasteiger partial charge is 0.221 e. The van der Waals surface area contributed by atoms with Crippen molar-refractivity contribution in [1.29, 1.82) is 0 Å². The minimum Gasteiger partial charge on any atom is -0.356 e. The van der Waals surface area contributed by atoms with Crippen LogP contribution in [-0.2, 0) is 17.8 Å². The third-order valence-electron chi connectivity index (χ3n) is 3.19. The molecular weight excluding hydrogens is 262 g/mol. The van der Waals surface area contributed by atoms with Gasteiger partial charge < -0.3 is 10.6 Å². The highest BCUT2D eigenvalue weighted by molar-refractivity contribution is 5.76. The van der Waals surface area contributed by atoms with Crippen molar-refractivity contribution in [1.82, 2.24) is 15.6 Å². The Morgan fingerprint density at radius 1 is 0.952 bits per heavy atom. The third-order valence-corrected chi connectivity index (χ3v) is 3.19. The lowest BCUT2D eigenvalue weighted by atomic mass is 10.1. The van der Waals surface area contributed by atoms with Crippen LogP contribution in [0.3, 0.4) is 0 Å². The third kappa shape index (κ3) is 6.19. The molecule has 110 valence electrons. The average Bonchev–Trinajstić information content (AvgIpc) is 2.54. The maximum atomic E-state index is 11.7. The minimum atomic E-state index is 0.0909. The summed E-state index contributed by atoms with van der Waals surface area (Å²) < 4.78 is 0. The van der Waals surface area contributed by atoms with Crippen LogP contribution < -0.4 is 10.6 Å². The van der Waals surface area contributed by atoms with Crippen molar-refractivity contribution < 1.29 is 4.79 Å². The van der Waals surface area contributed by atoms with Gasteiger partial charge in [0.1, 0.15) is 0 Å². The number of hydrogen-bond donors (Lipinski definition) is 2. The van der Waals surface area contributed by atoms with Crippen LogP contribution in [0.1, 0.15) is 17.5 Å². The first-order chi connectivity index (χ1) is 10.3. The molecule has 0 aliphatic heterocycles. The van der Waals surface area contributed by atoms with E-state index in [0.717, 1.165) is 13.0 Å². The minimum absolute atomic E-state index is 0.0909. The Balaban J connectivity index is 1.54. The molecule has 1 heterocycles. The number of aromatic nitrogens is 1. The van der Waals surface area contributed by atoms with Crippen molar-refractivity contribution in [2.45, 2.75) is 19.4 Å². The highest BCUT2D eigenvalue weighted by atomic mass is 16.1. The molecule has 0 saturated heterocycles. The zero-order valence-electron chi connectivity index (χ0n) is 12.1. The molecule has 0 bridgehead atoms. The molecule has 0 radical (unpaired) electrons. The molecule has 2 rings (SSSR count). The summed E-state index contributed by atoms with van der Waals surface area (Å²) in [6.07, 6.45) is 4.91. The Kier molecular flexibility index (Phi) is 6.42. The Morgan fingerprint density at radius 3 is 2.48 bits per heavy atom. The van der Waals surface area contributed by atoms with Gasteiger partial charge in [-0.3, -0.25) is 9.78 Å². The molecule has 1 amide bonds. The van der Waals surface area contributed by atoms with Gasteiger partial charge >= 0.3 is 0 Å². The van der Waals surface area contributed by atoms with E-state index in [9.17, 15) is 4.79 Å². The Hall–Kier alpha value is -2.20. The first-order valence-corrected chi connectivity index (χ1v) is 7.25. The fourth-order valence-electron chi connectivity index (χ4n) is 2.01. The van der Waals surface area contributed by atoms with Gasteiger partial charge in [0.05, 0.1) is 0 Å². The molecule has 0 fully saturated rings. The quantitative estimate of drug-likeness (QED) is 0.728. The summed E-state index contributed by atoms with van der Waals surface area (Å²) in [6.45, 7) is 2.13. The van der Waals surface area contributed by atoms with Crippen LogP contribution in [0.4, 0.5) is 0 Å². The predicted octanol–water partition coefficient (Wildman–Crippen LogP) is 1.92. The van der Waals surface area contributed by atoms with E-state index in [2.05, 4.69) is 27.8 Å². The van der Waals surface area contributed by atoms with Gasteiger partial charge in [-0.1, -0.05) is 30.3 Å². The van der Waals surface area contributed by atoms with Gasteiger partial charge in [-0.15, -0.1) is 0 Å². The van der Waals surface area contributed by atoms with Gasteiger partial charge in [-0.2, -0.15) is 0 Å². The Morgan fingerprint density at radius 2 is 1.71 bits per heavy atom. The van der Waals surface area contributed by atoms with Crippen LogP contribution in [0.5, 0.6) is 0 Å². The highest BCUT2D eigenvalue weighted by Gasteiger charge is 2.00. The van der Waals surface area contributed by atoms with Crippen LogP contribution in [0.15, 0.2) is 54.9 Å². The lowest BCUT2D eigenvalue weighted by Gasteiger charge is -2.07. The number of carbonyl (C=O) groups excluding carboxylic acids is 1. The van der Waals surface area contributed by atoms with E-state index in [1.54, 1.807) is 12.4 Å². The second-order valence-electron chi connectivity index (χ2n) is 4.87. The van der Waals surface area contributed by atoms with Gasteiger partial charge in [0.2, 0.25) is 5.91 Å². The van der Waals surface area contributed by atoms with Crippen LogP contribution in [-0.4, -0.2) is 24.0 Å². The summed E-state index contributed by atoms with van der Waals surface area (Å²) >= 11 is 0. The van der Waals surface area contributed by atoms with Crippen molar-refractivity contribution in [3.8, 4) is 0 Å². The molecule has 1 aromatic carbocycles. The summed E-state index contributed by atoms with van der Waals surface area (Å²) in [7, 11) is 0. The number of hydrogen-bond acceptors (Lipinski definition) is 3. The summed E-state index contributed by atoms with van der Waals surface area (Å²) in [5, 5.41) is 6.19. The molecular formula is C17H21N3O. The Bertz CT molecular complexity index is 528. The van der Waals surface area contributed by atoms with Crippen molar-refractivity contribution in [3.05, 3.63) is 66.0 Å². The SMILES string of the molecule is O=C(CCNCc1ccncc1)NCCc1ccccc1. The predicted molar refractivity (Wildman–Crippen MR) is 83.7 cm³/mol. The number of benzene rings is 1. The summed E-state index contributed by atoms with van der Waals surface area (Å²) in [5.74, 6) is 0.0909.